The Morgan fingerprint density at radius 3 is 2.62 bits per heavy atom. The summed E-state index contributed by atoms with van der Waals surface area (Å²) in [5.74, 6) is 0. The Labute approximate surface area is 79.3 Å². The maximum atomic E-state index is 4.19. The number of hydrogen-bond acceptors (Lipinski definition) is 2. The Kier molecular flexibility index (Phi) is 2.98. The van der Waals surface area contributed by atoms with Crippen LogP contribution in [0, 0.1) is 0 Å². The zero-order chi connectivity index (χ0) is 8.93. The molecule has 0 spiro atoms. The molecule has 1 aromatic rings. The molecular formula is C10H17N3. The SMILES string of the molecule is c1cnn(CCN2CCCCC2)c1. The van der Waals surface area contributed by atoms with Gasteiger partial charge in [-0.3, -0.25) is 4.68 Å². The fraction of sp³-hybridized carbons (Fsp3) is 0.700. The van der Waals surface area contributed by atoms with Crippen molar-refractivity contribution in [2.75, 3.05) is 19.6 Å². The van der Waals surface area contributed by atoms with Gasteiger partial charge >= 0.3 is 0 Å². The average molecular weight is 179 g/mol. The molecule has 2 rings (SSSR count). The second kappa shape index (κ2) is 4.42. The fourth-order valence-electron chi connectivity index (χ4n) is 1.86. The van der Waals surface area contributed by atoms with Gasteiger partial charge in [-0.1, -0.05) is 6.42 Å². The molecule has 0 amide bonds. The van der Waals surface area contributed by atoms with E-state index >= 15 is 0 Å². The smallest absolute Gasteiger partial charge is 0.0536 e. The monoisotopic (exact) mass is 179 g/mol. The Morgan fingerprint density at radius 1 is 1.08 bits per heavy atom. The highest BCUT2D eigenvalue weighted by atomic mass is 15.3. The van der Waals surface area contributed by atoms with Gasteiger partial charge in [-0.15, -0.1) is 0 Å². The lowest BCUT2D eigenvalue weighted by molar-refractivity contribution is 0.218. The van der Waals surface area contributed by atoms with E-state index in [1.807, 2.05) is 23.1 Å². The molecule has 0 radical (unpaired) electrons. The predicted octanol–water partition coefficient (Wildman–Crippen LogP) is 1.37. The van der Waals surface area contributed by atoms with Crippen molar-refractivity contribution in [1.82, 2.24) is 14.7 Å². The van der Waals surface area contributed by atoms with Gasteiger partial charge in [0.2, 0.25) is 0 Å². The summed E-state index contributed by atoms with van der Waals surface area (Å²) in [6.45, 7) is 4.75. The first-order valence-corrected chi connectivity index (χ1v) is 5.15. The van der Waals surface area contributed by atoms with Gasteiger partial charge in [0.15, 0.2) is 0 Å². The highest BCUT2D eigenvalue weighted by molar-refractivity contribution is 4.78. The summed E-state index contributed by atoms with van der Waals surface area (Å²) in [7, 11) is 0. The Hall–Kier alpha value is -0.830. The largest absolute Gasteiger partial charge is 0.301 e. The molecule has 13 heavy (non-hydrogen) atoms. The molecule has 0 atom stereocenters. The zero-order valence-corrected chi connectivity index (χ0v) is 8.02. The first-order chi connectivity index (χ1) is 6.45. The summed E-state index contributed by atoms with van der Waals surface area (Å²) in [5, 5.41) is 4.19. The maximum absolute atomic E-state index is 4.19. The molecule has 0 unspecified atom stereocenters. The summed E-state index contributed by atoms with van der Waals surface area (Å²) in [4.78, 5) is 2.53. The van der Waals surface area contributed by atoms with Gasteiger partial charge in [-0.05, 0) is 32.0 Å². The second-order valence-corrected chi connectivity index (χ2v) is 3.67. The van der Waals surface area contributed by atoms with Crippen molar-refractivity contribution in [3.05, 3.63) is 18.5 Å². The number of rotatable bonds is 3. The topological polar surface area (TPSA) is 21.1 Å². The normalized spacial score (nSPS) is 19.1. The third-order valence-corrected chi connectivity index (χ3v) is 2.65. The van der Waals surface area contributed by atoms with E-state index in [-0.39, 0.29) is 0 Å². The molecule has 0 bridgehead atoms. The van der Waals surface area contributed by atoms with Crippen molar-refractivity contribution < 1.29 is 0 Å². The van der Waals surface area contributed by atoms with E-state index in [9.17, 15) is 0 Å². The fourth-order valence-corrected chi connectivity index (χ4v) is 1.86. The summed E-state index contributed by atoms with van der Waals surface area (Å²) in [6, 6.07) is 1.98. The highest BCUT2D eigenvalue weighted by Gasteiger charge is 2.08. The van der Waals surface area contributed by atoms with Crippen molar-refractivity contribution in [2.45, 2.75) is 25.8 Å². The van der Waals surface area contributed by atoms with Crippen LogP contribution in [0.1, 0.15) is 19.3 Å². The zero-order valence-electron chi connectivity index (χ0n) is 8.02. The third kappa shape index (κ3) is 2.56. The van der Waals surface area contributed by atoms with Gasteiger partial charge in [0.1, 0.15) is 0 Å². The van der Waals surface area contributed by atoms with E-state index in [2.05, 4.69) is 10.00 Å². The van der Waals surface area contributed by atoms with Gasteiger partial charge in [-0.2, -0.15) is 5.10 Å². The van der Waals surface area contributed by atoms with Crippen LogP contribution in [-0.4, -0.2) is 34.3 Å². The quantitative estimate of drug-likeness (QED) is 0.698. The lowest BCUT2D eigenvalue weighted by atomic mass is 10.1. The van der Waals surface area contributed by atoms with Crippen LogP contribution >= 0.6 is 0 Å². The van der Waals surface area contributed by atoms with Gasteiger partial charge < -0.3 is 4.90 Å². The molecular weight excluding hydrogens is 162 g/mol. The van der Waals surface area contributed by atoms with Gasteiger partial charge in [0.25, 0.3) is 0 Å². The predicted molar refractivity (Wildman–Crippen MR) is 52.5 cm³/mol. The summed E-state index contributed by atoms with van der Waals surface area (Å²) in [5.41, 5.74) is 0. The van der Waals surface area contributed by atoms with E-state index < -0.39 is 0 Å². The van der Waals surface area contributed by atoms with Crippen molar-refractivity contribution in [1.29, 1.82) is 0 Å². The minimum Gasteiger partial charge on any atom is -0.301 e. The molecule has 2 heterocycles. The number of nitrogens with zero attached hydrogens (tertiary/aromatic N) is 3. The summed E-state index contributed by atoms with van der Waals surface area (Å²) in [6.07, 6.45) is 8.04. The summed E-state index contributed by atoms with van der Waals surface area (Å²) < 4.78 is 2.01. The van der Waals surface area contributed by atoms with E-state index in [1.165, 1.54) is 32.4 Å². The molecule has 1 aromatic heterocycles. The molecule has 1 aliphatic rings. The molecule has 0 aliphatic carbocycles. The molecule has 3 heteroatoms. The van der Waals surface area contributed by atoms with Crippen molar-refractivity contribution in [3.8, 4) is 0 Å². The second-order valence-electron chi connectivity index (χ2n) is 3.67. The highest BCUT2D eigenvalue weighted by Crippen LogP contribution is 2.07. The Bertz CT molecular complexity index is 224. The van der Waals surface area contributed by atoms with E-state index in [0.717, 1.165) is 13.1 Å². The van der Waals surface area contributed by atoms with Crippen LogP contribution < -0.4 is 0 Å². The minimum atomic E-state index is 1.03. The lowest BCUT2D eigenvalue weighted by Crippen LogP contribution is -2.32. The molecule has 72 valence electrons. The molecule has 1 saturated heterocycles. The number of hydrogen-bond donors (Lipinski definition) is 0. The van der Waals surface area contributed by atoms with Crippen LogP contribution in [0.4, 0.5) is 0 Å². The standard InChI is InChI=1S/C10H17N3/c1-2-6-12(7-3-1)9-10-13-8-4-5-11-13/h4-5,8H,1-3,6-7,9-10H2. The Morgan fingerprint density at radius 2 is 1.92 bits per heavy atom. The summed E-state index contributed by atoms with van der Waals surface area (Å²) >= 11 is 0. The van der Waals surface area contributed by atoms with Crippen LogP contribution in [0.2, 0.25) is 0 Å². The molecule has 0 N–H and O–H groups in total. The van der Waals surface area contributed by atoms with Crippen molar-refractivity contribution in [3.63, 3.8) is 0 Å². The van der Waals surface area contributed by atoms with E-state index in [4.69, 9.17) is 0 Å². The number of piperidine rings is 1. The van der Waals surface area contributed by atoms with Gasteiger partial charge in [-0.25, -0.2) is 0 Å². The molecule has 3 nitrogen and oxygen atoms in total. The van der Waals surface area contributed by atoms with E-state index in [1.54, 1.807) is 0 Å². The molecule has 1 fully saturated rings. The molecule has 0 saturated carbocycles. The lowest BCUT2D eigenvalue weighted by Gasteiger charge is -2.26. The number of likely N-dealkylation sites (tertiary alicyclic amines) is 1. The first-order valence-electron chi connectivity index (χ1n) is 5.15. The van der Waals surface area contributed by atoms with Gasteiger partial charge in [0, 0.05) is 18.9 Å². The molecule has 0 aromatic carbocycles. The van der Waals surface area contributed by atoms with E-state index in [0.29, 0.717) is 0 Å². The van der Waals surface area contributed by atoms with Crippen LogP contribution in [0.3, 0.4) is 0 Å². The van der Waals surface area contributed by atoms with Crippen LogP contribution in [0.25, 0.3) is 0 Å². The van der Waals surface area contributed by atoms with Crippen LogP contribution in [0.15, 0.2) is 18.5 Å². The number of aromatic nitrogens is 2. The first kappa shape index (κ1) is 8.75. The minimum absolute atomic E-state index is 1.03. The van der Waals surface area contributed by atoms with Crippen LogP contribution in [0.5, 0.6) is 0 Å². The average Bonchev–Trinajstić information content (AvgIpc) is 2.69. The van der Waals surface area contributed by atoms with Crippen LogP contribution in [-0.2, 0) is 6.54 Å². The Balaban J connectivity index is 1.72. The maximum Gasteiger partial charge on any atom is 0.0536 e. The van der Waals surface area contributed by atoms with Crippen molar-refractivity contribution >= 4 is 0 Å². The molecule has 1 aliphatic heterocycles. The van der Waals surface area contributed by atoms with Gasteiger partial charge in [0.05, 0.1) is 6.54 Å². The van der Waals surface area contributed by atoms with Crippen molar-refractivity contribution in [2.24, 2.45) is 0 Å². The third-order valence-electron chi connectivity index (χ3n) is 2.65.